The Kier molecular flexibility index (Phi) is 4.42. The Hall–Kier alpha value is -3.11. The van der Waals surface area contributed by atoms with Crippen LogP contribution >= 0.6 is 11.6 Å². The summed E-state index contributed by atoms with van der Waals surface area (Å²) in [6, 6.07) is 23.1. The maximum Gasteiger partial charge on any atom is 0.244 e. The highest BCUT2D eigenvalue weighted by atomic mass is 35.5. The molecule has 0 radical (unpaired) electrons. The third kappa shape index (κ3) is 3.46. The van der Waals surface area contributed by atoms with Gasteiger partial charge in [0.25, 0.3) is 0 Å². The molecule has 0 aliphatic carbocycles. The summed E-state index contributed by atoms with van der Waals surface area (Å²) in [5.41, 5.74) is 4.65. The van der Waals surface area contributed by atoms with Gasteiger partial charge in [-0.15, -0.1) is 0 Å². The van der Waals surface area contributed by atoms with E-state index in [1.165, 1.54) is 0 Å². The SMILES string of the molecule is O=C(Cn1cnc2ccccc21)Nc1cccc(-c2ccc(Cl)cc2)c1. The predicted molar refractivity (Wildman–Crippen MR) is 105 cm³/mol. The Balaban J connectivity index is 1.51. The Morgan fingerprint density at radius 2 is 1.77 bits per heavy atom. The van der Waals surface area contributed by atoms with Gasteiger partial charge in [-0.25, -0.2) is 4.98 Å². The minimum Gasteiger partial charge on any atom is -0.325 e. The van der Waals surface area contributed by atoms with E-state index in [1.807, 2.05) is 77.4 Å². The van der Waals surface area contributed by atoms with E-state index in [1.54, 1.807) is 6.33 Å². The van der Waals surface area contributed by atoms with Gasteiger partial charge in [0.2, 0.25) is 5.91 Å². The van der Waals surface area contributed by atoms with Crippen molar-refractivity contribution >= 4 is 34.2 Å². The van der Waals surface area contributed by atoms with Gasteiger partial charge in [-0.2, -0.15) is 0 Å². The van der Waals surface area contributed by atoms with Crippen LogP contribution in [0.5, 0.6) is 0 Å². The molecule has 0 spiro atoms. The average Bonchev–Trinajstić information content (AvgIpc) is 3.05. The molecule has 4 rings (SSSR count). The number of rotatable bonds is 4. The van der Waals surface area contributed by atoms with Crippen LogP contribution in [0.3, 0.4) is 0 Å². The lowest BCUT2D eigenvalue weighted by molar-refractivity contribution is -0.116. The van der Waals surface area contributed by atoms with Crippen LogP contribution in [0.1, 0.15) is 0 Å². The molecule has 0 saturated carbocycles. The first-order chi connectivity index (χ1) is 12.7. The van der Waals surface area contributed by atoms with Crippen molar-refractivity contribution < 1.29 is 4.79 Å². The fourth-order valence-electron chi connectivity index (χ4n) is 2.91. The number of fused-ring (bicyclic) bond motifs is 1. The summed E-state index contributed by atoms with van der Waals surface area (Å²) < 4.78 is 1.84. The number of hydrogen-bond acceptors (Lipinski definition) is 2. The minimum absolute atomic E-state index is 0.0959. The molecule has 26 heavy (non-hydrogen) atoms. The summed E-state index contributed by atoms with van der Waals surface area (Å²) in [5.74, 6) is -0.0959. The molecular formula is C21H16ClN3O. The lowest BCUT2D eigenvalue weighted by atomic mass is 10.1. The number of carbonyl (C=O) groups excluding carboxylic acids is 1. The molecule has 0 bridgehead atoms. The Bertz CT molecular complexity index is 1070. The van der Waals surface area contributed by atoms with E-state index in [2.05, 4.69) is 10.3 Å². The smallest absolute Gasteiger partial charge is 0.244 e. The van der Waals surface area contributed by atoms with E-state index in [9.17, 15) is 4.79 Å². The van der Waals surface area contributed by atoms with Crippen LogP contribution in [-0.4, -0.2) is 15.5 Å². The molecule has 0 atom stereocenters. The van der Waals surface area contributed by atoms with Crippen LogP contribution < -0.4 is 5.32 Å². The van der Waals surface area contributed by atoms with Crippen molar-refractivity contribution in [3.05, 3.63) is 84.1 Å². The van der Waals surface area contributed by atoms with E-state index in [-0.39, 0.29) is 12.5 Å². The van der Waals surface area contributed by atoms with Gasteiger partial charge in [0.1, 0.15) is 6.54 Å². The van der Waals surface area contributed by atoms with Crippen LogP contribution in [0.25, 0.3) is 22.2 Å². The highest BCUT2D eigenvalue weighted by Gasteiger charge is 2.08. The molecule has 0 unspecified atom stereocenters. The zero-order chi connectivity index (χ0) is 17.9. The monoisotopic (exact) mass is 361 g/mol. The third-order valence-electron chi connectivity index (χ3n) is 4.17. The average molecular weight is 362 g/mol. The Morgan fingerprint density at radius 3 is 2.62 bits per heavy atom. The first-order valence-electron chi connectivity index (χ1n) is 8.25. The highest BCUT2D eigenvalue weighted by Crippen LogP contribution is 2.24. The number of aromatic nitrogens is 2. The minimum atomic E-state index is -0.0959. The van der Waals surface area contributed by atoms with Gasteiger partial charge in [0, 0.05) is 10.7 Å². The second-order valence-corrected chi connectivity index (χ2v) is 6.43. The number of nitrogens with zero attached hydrogens (tertiary/aromatic N) is 2. The van der Waals surface area contributed by atoms with Gasteiger partial charge in [0.05, 0.1) is 17.4 Å². The maximum atomic E-state index is 12.4. The molecule has 1 amide bonds. The van der Waals surface area contributed by atoms with Crippen molar-refractivity contribution in [2.45, 2.75) is 6.54 Å². The van der Waals surface area contributed by atoms with E-state index >= 15 is 0 Å². The third-order valence-corrected chi connectivity index (χ3v) is 4.42. The number of benzene rings is 3. The molecule has 1 heterocycles. The zero-order valence-electron chi connectivity index (χ0n) is 13.9. The zero-order valence-corrected chi connectivity index (χ0v) is 14.6. The van der Waals surface area contributed by atoms with Crippen LogP contribution in [0, 0.1) is 0 Å². The molecule has 4 aromatic rings. The van der Waals surface area contributed by atoms with Crippen molar-refractivity contribution in [3.63, 3.8) is 0 Å². The number of carbonyl (C=O) groups is 1. The molecule has 5 heteroatoms. The molecule has 128 valence electrons. The molecular weight excluding hydrogens is 346 g/mol. The lowest BCUT2D eigenvalue weighted by Crippen LogP contribution is -2.18. The number of amides is 1. The second kappa shape index (κ2) is 7.02. The molecule has 0 aliphatic rings. The van der Waals surface area contributed by atoms with E-state index in [4.69, 9.17) is 11.6 Å². The number of anilines is 1. The summed E-state index contributed by atoms with van der Waals surface area (Å²) in [4.78, 5) is 16.8. The number of imidazole rings is 1. The molecule has 0 fully saturated rings. The predicted octanol–water partition coefficient (Wildman–Crippen LogP) is 5.00. The van der Waals surface area contributed by atoms with E-state index in [0.29, 0.717) is 5.02 Å². The summed E-state index contributed by atoms with van der Waals surface area (Å²) in [6.07, 6.45) is 1.69. The van der Waals surface area contributed by atoms with Gasteiger partial charge in [-0.1, -0.05) is 48.0 Å². The number of nitrogens with one attached hydrogen (secondary N) is 1. The summed E-state index contributed by atoms with van der Waals surface area (Å²) in [7, 11) is 0. The second-order valence-electron chi connectivity index (χ2n) is 6.00. The fourth-order valence-corrected chi connectivity index (χ4v) is 3.04. The summed E-state index contributed by atoms with van der Waals surface area (Å²) >= 11 is 5.94. The van der Waals surface area contributed by atoms with E-state index in [0.717, 1.165) is 27.8 Å². The largest absolute Gasteiger partial charge is 0.325 e. The number of para-hydroxylation sites is 2. The van der Waals surface area contributed by atoms with Gasteiger partial charge in [0.15, 0.2) is 0 Å². The van der Waals surface area contributed by atoms with Crippen molar-refractivity contribution in [1.82, 2.24) is 9.55 Å². The van der Waals surface area contributed by atoms with Gasteiger partial charge in [-0.3, -0.25) is 4.79 Å². The van der Waals surface area contributed by atoms with Crippen molar-refractivity contribution in [1.29, 1.82) is 0 Å². The first-order valence-corrected chi connectivity index (χ1v) is 8.62. The van der Waals surface area contributed by atoms with Gasteiger partial charge >= 0.3 is 0 Å². The topological polar surface area (TPSA) is 46.9 Å². The molecule has 1 aromatic heterocycles. The molecule has 3 aromatic carbocycles. The van der Waals surface area contributed by atoms with Crippen LogP contribution in [0.4, 0.5) is 5.69 Å². The molecule has 0 saturated heterocycles. The maximum absolute atomic E-state index is 12.4. The Labute approximate surface area is 156 Å². The van der Waals surface area contributed by atoms with Crippen LogP contribution in [0.15, 0.2) is 79.1 Å². The standard InChI is InChI=1S/C21H16ClN3O/c22-17-10-8-15(9-11-17)16-4-3-5-18(12-16)24-21(26)13-25-14-23-19-6-1-2-7-20(19)25/h1-12,14H,13H2,(H,24,26). The van der Waals surface area contributed by atoms with Crippen LogP contribution in [-0.2, 0) is 11.3 Å². The van der Waals surface area contributed by atoms with Crippen molar-refractivity contribution in [2.24, 2.45) is 0 Å². The molecule has 1 N–H and O–H groups in total. The summed E-state index contributed by atoms with van der Waals surface area (Å²) in [5, 5.41) is 3.65. The summed E-state index contributed by atoms with van der Waals surface area (Å²) in [6.45, 7) is 0.214. The van der Waals surface area contributed by atoms with Gasteiger partial charge < -0.3 is 9.88 Å². The Morgan fingerprint density at radius 1 is 0.962 bits per heavy atom. The van der Waals surface area contributed by atoms with Crippen molar-refractivity contribution in [2.75, 3.05) is 5.32 Å². The first kappa shape index (κ1) is 16.4. The molecule has 4 nitrogen and oxygen atoms in total. The van der Waals surface area contributed by atoms with Crippen molar-refractivity contribution in [3.8, 4) is 11.1 Å². The molecule has 0 aliphatic heterocycles. The fraction of sp³-hybridized carbons (Fsp3) is 0.0476. The highest BCUT2D eigenvalue weighted by molar-refractivity contribution is 6.30. The van der Waals surface area contributed by atoms with Gasteiger partial charge in [-0.05, 0) is 47.5 Å². The number of hydrogen-bond donors (Lipinski definition) is 1. The van der Waals surface area contributed by atoms with E-state index < -0.39 is 0 Å². The lowest BCUT2D eigenvalue weighted by Gasteiger charge is -2.09. The quantitative estimate of drug-likeness (QED) is 0.556. The number of halogens is 1. The normalized spacial score (nSPS) is 10.8. The van der Waals surface area contributed by atoms with Crippen LogP contribution in [0.2, 0.25) is 5.02 Å².